The first kappa shape index (κ1) is 11.9. The lowest BCUT2D eigenvalue weighted by molar-refractivity contribution is 0.0600. The minimum atomic E-state index is -0.518. The Kier molecular flexibility index (Phi) is 3.58. The molecule has 1 fully saturated rings. The Labute approximate surface area is 99.4 Å². The number of hydrogen-bond acceptors (Lipinski definition) is 4. The molecule has 0 saturated carbocycles. The van der Waals surface area contributed by atoms with Crippen molar-refractivity contribution < 1.29 is 13.9 Å². The number of benzene rings is 1. The number of hydrogen-bond donors (Lipinski definition) is 1. The van der Waals surface area contributed by atoms with E-state index in [-0.39, 0.29) is 11.4 Å². The largest absolute Gasteiger partial charge is 0.465 e. The number of rotatable bonds is 2. The third-order valence-corrected chi connectivity index (χ3v) is 2.83. The predicted octanol–water partition coefficient (Wildman–Crippen LogP) is 1.02. The first-order valence-corrected chi connectivity index (χ1v) is 5.56. The topological polar surface area (TPSA) is 41.6 Å². The Morgan fingerprint density at radius 2 is 2.12 bits per heavy atom. The van der Waals surface area contributed by atoms with E-state index < -0.39 is 5.97 Å². The third-order valence-electron chi connectivity index (χ3n) is 2.83. The molecule has 1 aromatic rings. The maximum atomic E-state index is 13.9. The second kappa shape index (κ2) is 5.14. The third kappa shape index (κ3) is 2.55. The number of carbonyl (C=O) groups is 1. The zero-order valence-electron chi connectivity index (χ0n) is 9.70. The van der Waals surface area contributed by atoms with E-state index in [0.717, 1.165) is 26.2 Å². The summed E-state index contributed by atoms with van der Waals surface area (Å²) in [6, 6.07) is 4.45. The van der Waals surface area contributed by atoms with Gasteiger partial charge in [-0.2, -0.15) is 0 Å². The molecule has 0 aromatic heterocycles. The predicted molar refractivity (Wildman–Crippen MR) is 62.8 cm³/mol. The van der Waals surface area contributed by atoms with Crippen LogP contribution >= 0.6 is 0 Å². The van der Waals surface area contributed by atoms with Gasteiger partial charge in [0.05, 0.1) is 18.4 Å². The maximum absolute atomic E-state index is 13.9. The summed E-state index contributed by atoms with van der Waals surface area (Å²) in [5.41, 5.74) is 0.781. The lowest BCUT2D eigenvalue weighted by Gasteiger charge is -2.29. The van der Waals surface area contributed by atoms with Gasteiger partial charge in [0.15, 0.2) is 0 Å². The number of ether oxygens (including phenoxy) is 1. The van der Waals surface area contributed by atoms with E-state index in [1.807, 2.05) is 4.90 Å². The van der Waals surface area contributed by atoms with E-state index in [1.165, 1.54) is 13.2 Å². The van der Waals surface area contributed by atoms with Crippen molar-refractivity contribution in [2.24, 2.45) is 0 Å². The van der Waals surface area contributed by atoms with Gasteiger partial charge in [0, 0.05) is 26.2 Å². The van der Waals surface area contributed by atoms with Gasteiger partial charge >= 0.3 is 5.97 Å². The van der Waals surface area contributed by atoms with Crippen LogP contribution < -0.4 is 10.2 Å². The number of methoxy groups -OCH3 is 1. The highest BCUT2D eigenvalue weighted by atomic mass is 19.1. The molecule has 0 radical (unpaired) electrons. The molecule has 0 unspecified atom stereocenters. The SMILES string of the molecule is COC(=O)c1ccc(N2CCNCC2)c(F)c1. The fourth-order valence-corrected chi connectivity index (χ4v) is 1.91. The highest BCUT2D eigenvalue weighted by molar-refractivity contribution is 5.89. The second-order valence-corrected chi connectivity index (χ2v) is 3.89. The van der Waals surface area contributed by atoms with E-state index in [2.05, 4.69) is 10.1 Å². The fraction of sp³-hybridized carbons (Fsp3) is 0.417. The monoisotopic (exact) mass is 238 g/mol. The quantitative estimate of drug-likeness (QED) is 0.781. The molecule has 0 atom stereocenters. The van der Waals surface area contributed by atoms with Crippen molar-refractivity contribution in [1.82, 2.24) is 5.32 Å². The maximum Gasteiger partial charge on any atom is 0.337 e. The van der Waals surface area contributed by atoms with Crippen molar-refractivity contribution in [2.75, 3.05) is 38.2 Å². The zero-order chi connectivity index (χ0) is 12.3. The van der Waals surface area contributed by atoms with Crippen molar-refractivity contribution in [3.05, 3.63) is 29.6 Å². The van der Waals surface area contributed by atoms with E-state index in [1.54, 1.807) is 12.1 Å². The molecule has 0 spiro atoms. The molecule has 0 amide bonds. The normalized spacial score (nSPS) is 15.8. The molecule has 1 aromatic carbocycles. The van der Waals surface area contributed by atoms with Gasteiger partial charge in [-0.05, 0) is 18.2 Å². The summed E-state index contributed by atoms with van der Waals surface area (Å²) in [5.74, 6) is -0.898. The van der Waals surface area contributed by atoms with Crippen LogP contribution in [0.3, 0.4) is 0 Å². The van der Waals surface area contributed by atoms with Crippen molar-refractivity contribution in [2.45, 2.75) is 0 Å². The van der Waals surface area contributed by atoms with Crippen LogP contribution in [-0.4, -0.2) is 39.3 Å². The summed E-state index contributed by atoms with van der Waals surface area (Å²) in [6.45, 7) is 3.24. The van der Waals surface area contributed by atoms with Crippen molar-refractivity contribution in [3.63, 3.8) is 0 Å². The molecule has 0 aliphatic carbocycles. The van der Waals surface area contributed by atoms with Gasteiger partial charge in [-0.15, -0.1) is 0 Å². The number of anilines is 1. The van der Waals surface area contributed by atoms with Crippen LogP contribution in [0.15, 0.2) is 18.2 Å². The Hall–Kier alpha value is -1.62. The summed E-state index contributed by atoms with van der Waals surface area (Å²) in [7, 11) is 1.28. The van der Waals surface area contributed by atoms with Gasteiger partial charge in [0.2, 0.25) is 0 Å². The van der Waals surface area contributed by atoms with Crippen molar-refractivity contribution in [3.8, 4) is 0 Å². The van der Waals surface area contributed by atoms with Crippen LogP contribution in [-0.2, 0) is 4.74 Å². The van der Waals surface area contributed by atoms with Crippen LogP contribution in [0.1, 0.15) is 10.4 Å². The number of esters is 1. The number of nitrogens with one attached hydrogen (secondary N) is 1. The van der Waals surface area contributed by atoms with Crippen LogP contribution in [0, 0.1) is 5.82 Å². The lowest BCUT2D eigenvalue weighted by atomic mass is 10.1. The zero-order valence-corrected chi connectivity index (χ0v) is 9.70. The minimum Gasteiger partial charge on any atom is -0.465 e. The molecule has 4 nitrogen and oxygen atoms in total. The standard InChI is InChI=1S/C12H15FN2O2/c1-17-12(16)9-2-3-11(10(13)8-9)15-6-4-14-5-7-15/h2-3,8,14H,4-7H2,1H3. The van der Waals surface area contributed by atoms with Crippen LogP contribution in [0.25, 0.3) is 0 Å². The van der Waals surface area contributed by atoms with Crippen LogP contribution in [0.4, 0.5) is 10.1 Å². The molecule has 1 aliphatic rings. The molecule has 0 bridgehead atoms. The fourth-order valence-electron chi connectivity index (χ4n) is 1.91. The molecular weight excluding hydrogens is 223 g/mol. The molecular formula is C12H15FN2O2. The molecule has 1 N–H and O–H groups in total. The summed E-state index contributed by atoms with van der Waals surface area (Å²) in [4.78, 5) is 13.2. The Balaban J connectivity index is 2.21. The minimum absolute atomic E-state index is 0.240. The summed E-state index contributed by atoms with van der Waals surface area (Å²) in [5, 5.41) is 3.20. The van der Waals surface area contributed by atoms with Gasteiger partial charge in [-0.1, -0.05) is 0 Å². The van der Waals surface area contributed by atoms with Gasteiger partial charge in [0.1, 0.15) is 5.82 Å². The smallest absolute Gasteiger partial charge is 0.337 e. The van der Waals surface area contributed by atoms with Crippen LogP contribution in [0.5, 0.6) is 0 Å². The number of piperazine rings is 1. The first-order valence-electron chi connectivity index (χ1n) is 5.56. The second-order valence-electron chi connectivity index (χ2n) is 3.89. The van der Waals surface area contributed by atoms with Crippen molar-refractivity contribution in [1.29, 1.82) is 0 Å². The average molecular weight is 238 g/mol. The summed E-state index contributed by atoms with van der Waals surface area (Å²) >= 11 is 0. The molecule has 1 heterocycles. The summed E-state index contributed by atoms with van der Waals surface area (Å²) < 4.78 is 18.4. The Morgan fingerprint density at radius 3 is 2.71 bits per heavy atom. The Morgan fingerprint density at radius 1 is 1.41 bits per heavy atom. The molecule has 17 heavy (non-hydrogen) atoms. The number of carbonyl (C=O) groups excluding carboxylic acids is 1. The number of nitrogens with zero attached hydrogens (tertiary/aromatic N) is 1. The van der Waals surface area contributed by atoms with E-state index in [0.29, 0.717) is 5.69 Å². The average Bonchev–Trinajstić information content (AvgIpc) is 2.38. The highest BCUT2D eigenvalue weighted by Gasteiger charge is 2.16. The van der Waals surface area contributed by atoms with E-state index >= 15 is 0 Å². The van der Waals surface area contributed by atoms with Gasteiger partial charge in [-0.25, -0.2) is 9.18 Å². The molecule has 5 heteroatoms. The van der Waals surface area contributed by atoms with Crippen molar-refractivity contribution >= 4 is 11.7 Å². The number of halogens is 1. The van der Waals surface area contributed by atoms with E-state index in [4.69, 9.17) is 0 Å². The van der Waals surface area contributed by atoms with Gasteiger partial charge in [0.25, 0.3) is 0 Å². The lowest BCUT2D eigenvalue weighted by Crippen LogP contribution is -2.43. The molecule has 92 valence electrons. The highest BCUT2D eigenvalue weighted by Crippen LogP contribution is 2.21. The first-order chi connectivity index (χ1) is 8.22. The van der Waals surface area contributed by atoms with Gasteiger partial charge in [-0.3, -0.25) is 0 Å². The molecule has 1 saturated heterocycles. The van der Waals surface area contributed by atoms with E-state index in [9.17, 15) is 9.18 Å². The molecule has 1 aliphatic heterocycles. The van der Waals surface area contributed by atoms with Gasteiger partial charge < -0.3 is 15.0 Å². The Bertz CT molecular complexity index is 417. The molecule has 2 rings (SSSR count). The van der Waals surface area contributed by atoms with Crippen LogP contribution in [0.2, 0.25) is 0 Å². The summed E-state index contributed by atoms with van der Waals surface area (Å²) in [6.07, 6.45) is 0.